The summed E-state index contributed by atoms with van der Waals surface area (Å²) >= 11 is 0. The Morgan fingerprint density at radius 3 is 2.18 bits per heavy atom. The van der Waals surface area contributed by atoms with Gasteiger partial charge in [-0.25, -0.2) is 4.98 Å². The molecule has 0 radical (unpaired) electrons. The number of hydrogen-bond acceptors (Lipinski definition) is 3. The molecular weight excluding hydrogens is 330 g/mol. The van der Waals surface area contributed by atoms with Gasteiger partial charge in [0.15, 0.2) is 12.7 Å². The van der Waals surface area contributed by atoms with E-state index in [9.17, 15) is 28.7 Å². The van der Waals surface area contributed by atoms with Crippen molar-refractivity contribution in [1.82, 2.24) is 4.98 Å². The first-order valence-corrected chi connectivity index (χ1v) is 9.56. The second kappa shape index (κ2) is 6.38. The molecule has 8 nitrogen and oxygen atoms in total. The summed E-state index contributed by atoms with van der Waals surface area (Å²) in [5.41, 5.74) is 1.02. The highest BCUT2D eigenvalue weighted by molar-refractivity contribution is 7.70. The third kappa shape index (κ3) is 4.08. The van der Waals surface area contributed by atoms with Gasteiger partial charge in [-0.15, -0.1) is 0 Å². The lowest BCUT2D eigenvalue weighted by Gasteiger charge is -2.17. The molecule has 4 N–H and O–H groups in total. The zero-order chi connectivity index (χ0) is 16.4. The van der Waals surface area contributed by atoms with Crippen molar-refractivity contribution in [3.05, 3.63) is 48.8 Å². The highest BCUT2D eigenvalue weighted by Crippen LogP contribution is 2.59. The van der Waals surface area contributed by atoms with E-state index < -0.39 is 27.1 Å². The Balaban J connectivity index is 2.46. The second-order valence-corrected chi connectivity index (χ2v) is 8.62. The van der Waals surface area contributed by atoms with Crippen LogP contribution in [0.3, 0.4) is 0 Å². The molecule has 10 heteroatoms. The highest BCUT2D eigenvalue weighted by atomic mass is 31.2. The Morgan fingerprint density at radius 2 is 1.64 bits per heavy atom. The minimum absolute atomic E-state index is 0.495. The molecule has 0 saturated carbocycles. The van der Waals surface area contributed by atoms with Crippen molar-refractivity contribution < 1.29 is 33.3 Å². The van der Waals surface area contributed by atoms with Crippen molar-refractivity contribution in [2.24, 2.45) is 0 Å². The van der Waals surface area contributed by atoms with E-state index in [2.05, 4.69) is 4.98 Å². The van der Waals surface area contributed by atoms with Crippen LogP contribution in [0.4, 0.5) is 0 Å². The van der Waals surface area contributed by atoms with E-state index in [0.29, 0.717) is 11.4 Å². The lowest BCUT2D eigenvalue weighted by molar-refractivity contribution is -0.684. The van der Waals surface area contributed by atoms with Gasteiger partial charge in [-0.1, -0.05) is 6.07 Å². The van der Waals surface area contributed by atoms with Crippen LogP contribution in [0.15, 0.2) is 48.8 Å². The van der Waals surface area contributed by atoms with Gasteiger partial charge < -0.3 is 19.6 Å². The smallest absolute Gasteiger partial charge is 0.324 e. The molecule has 2 heterocycles. The van der Waals surface area contributed by atoms with Crippen LogP contribution in [0.25, 0.3) is 11.4 Å². The summed E-state index contributed by atoms with van der Waals surface area (Å²) < 4.78 is 24.2. The maximum atomic E-state index is 11.4. The lowest BCUT2D eigenvalue weighted by atomic mass is 10.2. The summed E-state index contributed by atoms with van der Waals surface area (Å²) in [4.78, 5) is 41.0. The largest absolute Gasteiger partial charge is 0.347 e. The monoisotopic (exact) mass is 345 g/mol. The maximum absolute atomic E-state index is 11.4. The predicted molar refractivity (Wildman–Crippen MR) is 77.7 cm³/mol. The van der Waals surface area contributed by atoms with Gasteiger partial charge in [-0.2, -0.15) is 4.57 Å². The van der Waals surface area contributed by atoms with Crippen LogP contribution < -0.4 is 4.57 Å². The van der Waals surface area contributed by atoms with Crippen LogP contribution in [0.5, 0.6) is 0 Å². The molecule has 2 aromatic rings. The predicted octanol–water partition coefficient (Wildman–Crippen LogP) is 0.718. The fourth-order valence-electron chi connectivity index (χ4n) is 1.97. The molecule has 0 aromatic carbocycles. The molecule has 0 atom stereocenters. The van der Waals surface area contributed by atoms with Gasteiger partial charge in [0.2, 0.25) is 11.1 Å². The van der Waals surface area contributed by atoms with Crippen molar-refractivity contribution in [3.63, 3.8) is 0 Å². The van der Waals surface area contributed by atoms with E-state index in [-0.39, 0.29) is 0 Å². The van der Waals surface area contributed by atoms with Gasteiger partial charge in [0, 0.05) is 18.3 Å². The summed E-state index contributed by atoms with van der Waals surface area (Å²) in [6, 6.07) is 10.1. The molecule has 0 bridgehead atoms. The van der Waals surface area contributed by atoms with Crippen LogP contribution in [-0.2, 0) is 15.7 Å². The molecule has 0 saturated heterocycles. The third-order valence-corrected chi connectivity index (χ3v) is 6.69. The lowest BCUT2D eigenvalue weighted by Crippen LogP contribution is -2.41. The SMILES string of the molecule is O=P(O)(O)C(C[n+]1ccccc1-c1ccccn1)P(=O)(O)O. The van der Waals surface area contributed by atoms with Crippen molar-refractivity contribution in [2.45, 2.75) is 11.9 Å². The summed E-state index contributed by atoms with van der Waals surface area (Å²) in [5.74, 6) is 0. The van der Waals surface area contributed by atoms with E-state index in [4.69, 9.17) is 0 Å². The second-order valence-electron chi connectivity index (χ2n) is 4.61. The summed E-state index contributed by atoms with van der Waals surface area (Å²) in [5, 5.41) is -2.10. The molecule has 0 aliphatic rings. The van der Waals surface area contributed by atoms with Crippen LogP contribution in [-0.4, -0.2) is 30.0 Å². The molecule has 2 rings (SSSR count). The molecule has 0 aliphatic heterocycles. The Bertz CT molecular complexity index is 720. The molecule has 22 heavy (non-hydrogen) atoms. The zero-order valence-corrected chi connectivity index (χ0v) is 13.1. The molecule has 0 aliphatic carbocycles. The van der Waals surface area contributed by atoms with Crippen molar-refractivity contribution in [2.75, 3.05) is 0 Å². The minimum Gasteiger partial charge on any atom is -0.324 e. The van der Waals surface area contributed by atoms with Crippen molar-refractivity contribution >= 4 is 15.2 Å². The van der Waals surface area contributed by atoms with Crippen molar-refractivity contribution in [1.29, 1.82) is 0 Å². The summed E-state index contributed by atoms with van der Waals surface area (Å²) in [6.07, 6.45) is 3.04. The number of nitrogens with zero attached hydrogens (tertiary/aromatic N) is 2. The highest BCUT2D eigenvalue weighted by Gasteiger charge is 2.46. The Hall–Kier alpha value is -1.40. The van der Waals surface area contributed by atoms with Gasteiger partial charge in [-0.3, -0.25) is 9.13 Å². The first kappa shape index (κ1) is 17.0. The average Bonchev–Trinajstić information content (AvgIpc) is 2.43. The standard InChI is InChI=1S/C12H14N2O6P2/c15-21(16,17)12(22(18,19)20)9-14-8-4-2-6-11(14)10-5-1-3-7-13-10/h1-8,12H,9H2,(H3-,15,16,17,18,19,20)/p+1. The average molecular weight is 345 g/mol. The van der Waals surface area contributed by atoms with Gasteiger partial charge in [0.05, 0.1) is 0 Å². The van der Waals surface area contributed by atoms with Gasteiger partial charge in [-0.05, 0) is 18.2 Å². The molecule has 2 aromatic heterocycles. The molecule has 0 spiro atoms. The van der Waals surface area contributed by atoms with Crippen molar-refractivity contribution in [3.8, 4) is 11.4 Å². The van der Waals surface area contributed by atoms with Gasteiger partial charge in [0.1, 0.15) is 5.69 Å². The minimum atomic E-state index is -4.98. The van der Waals surface area contributed by atoms with Crippen LogP contribution in [0, 0.1) is 0 Å². The fourth-order valence-corrected chi connectivity index (χ4v) is 4.31. The molecule has 118 valence electrons. The number of aromatic nitrogens is 2. The summed E-state index contributed by atoms with van der Waals surface area (Å²) in [7, 11) is -9.96. The van der Waals surface area contributed by atoms with Crippen LogP contribution in [0.2, 0.25) is 0 Å². The van der Waals surface area contributed by atoms with Crippen LogP contribution >= 0.6 is 15.2 Å². The zero-order valence-electron chi connectivity index (χ0n) is 11.3. The van der Waals surface area contributed by atoms with Crippen LogP contribution in [0.1, 0.15) is 0 Å². The number of hydrogen-bond donors (Lipinski definition) is 4. The van der Waals surface area contributed by atoms with E-state index in [0.717, 1.165) is 0 Å². The normalized spacial score (nSPS) is 12.6. The quantitative estimate of drug-likeness (QED) is 0.464. The van der Waals surface area contributed by atoms with Gasteiger partial charge >= 0.3 is 15.2 Å². The Kier molecular flexibility index (Phi) is 4.92. The molecule has 0 amide bonds. The number of rotatable bonds is 5. The van der Waals surface area contributed by atoms with E-state index >= 15 is 0 Å². The number of pyridine rings is 2. The van der Waals surface area contributed by atoms with Gasteiger partial charge in [0.25, 0.3) is 0 Å². The molecular formula is C12H15N2O6P2+. The molecule has 0 fully saturated rings. The van der Waals surface area contributed by atoms with E-state index in [1.807, 2.05) is 0 Å². The first-order chi connectivity index (χ1) is 10.2. The first-order valence-electron chi connectivity index (χ1n) is 6.20. The maximum Gasteiger partial charge on any atom is 0.347 e. The topological polar surface area (TPSA) is 132 Å². The summed E-state index contributed by atoms with van der Waals surface area (Å²) in [6.45, 7) is -0.526. The Morgan fingerprint density at radius 1 is 1.00 bits per heavy atom. The molecule has 0 unspecified atom stereocenters. The Labute approximate surface area is 126 Å². The van der Waals surface area contributed by atoms with E-state index in [1.165, 1.54) is 10.8 Å². The third-order valence-electron chi connectivity index (χ3n) is 3.00. The fraction of sp³-hybridized carbons (Fsp3) is 0.167. The van der Waals surface area contributed by atoms with E-state index in [1.54, 1.807) is 42.6 Å².